The summed E-state index contributed by atoms with van der Waals surface area (Å²) in [6.07, 6.45) is 3.69. The lowest BCUT2D eigenvalue weighted by atomic mass is 9.94. The van der Waals surface area contributed by atoms with E-state index >= 15 is 0 Å². The molecule has 0 bridgehead atoms. The second-order valence-electron chi connectivity index (χ2n) is 5.44. The highest BCUT2D eigenvalue weighted by molar-refractivity contribution is 5.82. The molecule has 0 aliphatic carbocycles. The fourth-order valence-corrected chi connectivity index (χ4v) is 2.46. The summed E-state index contributed by atoms with van der Waals surface area (Å²) in [5, 5.41) is 4.56. The molecule has 0 saturated carbocycles. The highest BCUT2D eigenvalue weighted by Crippen LogP contribution is 2.18. The van der Waals surface area contributed by atoms with Gasteiger partial charge in [0.1, 0.15) is 5.78 Å². The number of likely N-dealkylation sites (tertiary alicyclic amines) is 1. The van der Waals surface area contributed by atoms with Gasteiger partial charge in [-0.05, 0) is 26.3 Å². The van der Waals surface area contributed by atoms with Crippen molar-refractivity contribution in [2.45, 2.75) is 46.2 Å². The summed E-state index contributed by atoms with van der Waals surface area (Å²) in [6, 6.07) is 2.49. The van der Waals surface area contributed by atoms with Gasteiger partial charge in [0.25, 0.3) is 0 Å². The van der Waals surface area contributed by atoms with Crippen LogP contribution in [0.15, 0.2) is 12.3 Å². The molecule has 1 atom stereocenters. The molecule has 0 spiro atoms. The number of nitrogens with zero attached hydrogens (tertiary/aromatic N) is 3. The molecule has 0 amide bonds. The summed E-state index contributed by atoms with van der Waals surface area (Å²) in [5.41, 5.74) is 1.10. The molecule has 1 aromatic heterocycles. The first kappa shape index (κ1) is 13.3. The Balaban J connectivity index is 1.94. The summed E-state index contributed by atoms with van der Waals surface area (Å²) in [4.78, 5) is 14.0. The number of carbonyl (C=O) groups is 1. The number of rotatable bonds is 4. The zero-order chi connectivity index (χ0) is 13.1. The number of hydrogen-bond donors (Lipinski definition) is 0. The Bertz CT molecular complexity index is 411. The predicted molar refractivity (Wildman–Crippen MR) is 71.3 cm³/mol. The van der Waals surface area contributed by atoms with Crippen molar-refractivity contribution >= 4 is 5.78 Å². The van der Waals surface area contributed by atoms with E-state index in [0.29, 0.717) is 18.2 Å². The molecule has 0 N–H and O–H groups in total. The summed E-state index contributed by atoms with van der Waals surface area (Å²) >= 11 is 0. The minimum atomic E-state index is 0.228. The maximum atomic E-state index is 11.7. The minimum absolute atomic E-state index is 0.228. The Hall–Kier alpha value is -1.16. The Kier molecular flexibility index (Phi) is 4.17. The smallest absolute Gasteiger partial charge is 0.138 e. The van der Waals surface area contributed by atoms with Gasteiger partial charge >= 0.3 is 0 Å². The molecule has 4 heteroatoms. The molecule has 100 valence electrons. The molecule has 0 radical (unpaired) electrons. The standard InChI is InChI=1S/C14H23N3O/c1-4-12-9-16(7-6-14(12)18)10-13-5-8-17(15-13)11(2)3/h5,8,11-12H,4,6-7,9-10H2,1-3H3. The highest BCUT2D eigenvalue weighted by atomic mass is 16.1. The van der Waals surface area contributed by atoms with Crippen LogP contribution in [-0.2, 0) is 11.3 Å². The van der Waals surface area contributed by atoms with E-state index in [1.165, 1.54) is 0 Å². The van der Waals surface area contributed by atoms with E-state index in [0.717, 1.165) is 31.7 Å². The Morgan fingerprint density at radius 1 is 1.50 bits per heavy atom. The van der Waals surface area contributed by atoms with Gasteiger partial charge in [0.05, 0.1) is 5.69 Å². The van der Waals surface area contributed by atoms with Crippen molar-refractivity contribution in [3.63, 3.8) is 0 Å². The Labute approximate surface area is 109 Å². The maximum Gasteiger partial charge on any atom is 0.138 e. The zero-order valence-corrected chi connectivity index (χ0v) is 11.6. The molecule has 1 aliphatic heterocycles. The first-order valence-corrected chi connectivity index (χ1v) is 6.89. The van der Waals surface area contributed by atoms with Gasteiger partial charge in [0, 0.05) is 44.2 Å². The molecule has 1 aromatic rings. The monoisotopic (exact) mass is 249 g/mol. The van der Waals surface area contributed by atoms with Gasteiger partial charge < -0.3 is 0 Å². The number of carbonyl (C=O) groups excluding carboxylic acids is 1. The molecule has 1 aliphatic rings. The molecule has 1 saturated heterocycles. The van der Waals surface area contributed by atoms with Gasteiger partial charge in [-0.15, -0.1) is 0 Å². The lowest BCUT2D eigenvalue weighted by Gasteiger charge is -2.30. The first-order valence-electron chi connectivity index (χ1n) is 6.89. The topological polar surface area (TPSA) is 38.1 Å². The maximum absolute atomic E-state index is 11.7. The van der Waals surface area contributed by atoms with Crippen LogP contribution < -0.4 is 0 Å². The van der Waals surface area contributed by atoms with Crippen molar-refractivity contribution in [1.82, 2.24) is 14.7 Å². The summed E-state index contributed by atoms with van der Waals surface area (Å²) in [5.74, 6) is 0.660. The van der Waals surface area contributed by atoms with Crippen LogP contribution in [-0.4, -0.2) is 33.6 Å². The third-order valence-corrected chi connectivity index (χ3v) is 3.68. The van der Waals surface area contributed by atoms with E-state index in [4.69, 9.17) is 0 Å². The summed E-state index contributed by atoms with van der Waals surface area (Å²) in [7, 11) is 0. The molecular formula is C14H23N3O. The number of piperidine rings is 1. The molecule has 0 aromatic carbocycles. The summed E-state index contributed by atoms with van der Waals surface area (Å²) in [6.45, 7) is 8.99. The zero-order valence-electron chi connectivity index (χ0n) is 11.6. The summed E-state index contributed by atoms with van der Waals surface area (Å²) < 4.78 is 1.99. The molecule has 2 heterocycles. The van der Waals surface area contributed by atoms with E-state index in [9.17, 15) is 4.79 Å². The van der Waals surface area contributed by atoms with Crippen molar-refractivity contribution in [2.75, 3.05) is 13.1 Å². The van der Waals surface area contributed by atoms with Gasteiger partial charge in [-0.25, -0.2) is 0 Å². The molecule has 2 rings (SSSR count). The second kappa shape index (κ2) is 5.65. The van der Waals surface area contributed by atoms with E-state index in [2.05, 4.69) is 36.8 Å². The lowest BCUT2D eigenvalue weighted by Crippen LogP contribution is -2.40. The van der Waals surface area contributed by atoms with E-state index < -0.39 is 0 Å². The van der Waals surface area contributed by atoms with Crippen molar-refractivity contribution in [2.24, 2.45) is 5.92 Å². The molecule has 1 fully saturated rings. The number of Topliss-reactive ketones (excluding diaryl/α,β-unsaturated/α-hetero) is 1. The molecular weight excluding hydrogens is 226 g/mol. The van der Waals surface area contributed by atoms with E-state index in [-0.39, 0.29) is 5.92 Å². The van der Waals surface area contributed by atoms with Crippen LogP contribution in [0.3, 0.4) is 0 Å². The van der Waals surface area contributed by atoms with E-state index in [1.54, 1.807) is 0 Å². The van der Waals surface area contributed by atoms with Gasteiger partial charge in [0.15, 0.2) is 0 Å². The third-order valence-electron chi connectivity index (χ3n) is 3.68. The van der Waals surface area contributed by atoms with Gasteiger partial charge in [-0.2, -0.15) is 5.10 Å². The van der Waals surface area contributed by atoms with Crippen molar-refractivity contribution in [1.29, 1.82) is 0 Å². The van der Waals surface area contributed by atoms with Crippen LogP contribution in [0.25, 0.3) is 0 Å². The number of hydrogen-bond acceptors (Lipinski definition) is 3. The lowest BCUT2D eigenvalue weighted by molar-refractivity contribution is -0.126. The largest absolute Gasteiger partial charge is 0.299 e. The van der Waals surface area contributed by atoms with Crippen molar-refractivity contribution in [3.05, 3.63) is 18.0 Å². The van der Waals surface area contributed by atoms with Crippen LogP contribution in [0, 0.1) is 5.92 Å². The molecule has 18 heavy (non-hydrogen) atoms. The fraction of sp³-hybridized carbons (Fsp3) is 0.714. The van der Waals surface area contributed by atoms with Gasteiger partial charge in [-0.1, -0.05) is 6.92 Å². The fourth-order valence-electron chi connectivity index (χ4n) is 2.46. The van der Waals surface area contributed by atoms with Crippen molar-refractivity contribution in [3.8, 4) is 0 Å². The minimum Gasteiger partial charge on any atom is -0.299 e. The number of aromatic nitrogens is 2. The Morgan fingerprint density at radius 3 is 2.89 bits per heavy atom. The van der Waals surface area contributed by atoms with Crippen LogP contribution in [0.4, 0.5) is 0 Å². The predicted octanol–water partition coefficient (Wildman–Crippen LogP) is 2.27. The quantitative estimate of drug-likeness (QED) is 0.821. The number of ketones is 1. The third kappa shape index (κ3) is 2.99. The Morgan fingerprint density at radius 2 is 2.28 bits per heavy atom. The molecule has 4 nitrogen and oxygen atoms in total. The second-order valence-corrected chi connectivity index (χ2v) is 5.44. The van der Waals surface area contributed by atoms with E-state index in [1.807, 2.05) is 10.9 Å². The first-order chi connectivity index (χ1) is 8.60. The van der Waals surface area contributed by atoms with Crippen molar-refractivity contribution < 1.29 is 4.79 Å². The molecule has 1 unspecified atom stereocenters. The SMILES string of the molecule is CCC1CN(Cc2ccn(C(C)C)n2)CCC1=O. The van der Waals surface area contributed by atoms with Crippen LogP contribution in [0.2, 0.25) is 0 Å². The van der Waals surface area contributed by atoms with Crippen LogP contribution >= 0.6 is 0 Å². The van der Waals surface area contributed by atoms with Gasteiger partial charge in [-0.3, -0.25) is 14.4 Å². The normalized spacial score (nSPS) is 21.8. The van der Waals surface area contributed by atoms with Crippen LogP contribution in [0.5, 0.6) is 0 Å². The highest BCUT2D eigenvalue weighted by Gasteiger charge is 2.25. The van der Waals surface area contributed by atoms with Gasteiger partial charge in [0.2, 0.25) is 0 Å². The van der Waals surface area contributed by atoms with Crippen LogP contribution in [0.1, 0.15) is 45.3 Å². The average Bonchev–Trinajstić information content (AvgIpc) is 2.80. The average molecular weight is 249 g/mol.